The van der Waals surface area contributed by atoms with Gasteiger partial charge in [-0.2, -0.15) is 0 Å². The van der Waals surface area contributed by atoms with Crippen LogP contribution in [0.1, 0.15) is 39.1 Å². The Labute approximate surface area is 113 Å². The molecule has 4 nitrogen and oxygen atoms in total. The Bertz CT molecular complexity index is 604. The van der Waals surface area contributed by atoms with E-state index in [1.807, 2.05) is 24.3 Å². The van der Waals surface area contributed by atoms with Gasteiger partial charge in [-0.1, -0.05) is 32.9 Å². The van der Waals surface area contributed by atoms with Crippen molar-refractivity contribution in [2.75, 3.05) is 6.54 Å². The van der Waals surface area contributed by atoms with E-state index >= 15 is 0 Å². The second-order valence-corrected chi connectivity index (χ2v) is 5.35. The van der Waals surface area contributed by atoms with Crippen LogP contribution in [0.25, 0.3) is 10.9 Å². The van der Waals surface area contributed by atoms with Gasteiger partial charge >= 0.3 is 0 Å². The molecule has 1 heterocycles. The molecule has 0 aliphatic carbocycles. The number of hydrogen-bond donors (Lipinski definition) is 2. The molecule has 0 bridgehead atoms. The lowest BCUT2D eigenvalue weighted by atomic mass is 10.1. The van der Waals surface area contributed by atoms with Crippen LogP contribution < -0.4 is 10.9 Å². The number of nitrogens with zero attached hydrogens (tertiary/aromatic N) is 1. The van der Waals surface area contributed by atoms with Gasteiger partial charge in [0, 0.05) is 12.3 Å². The SMILES string of the molecule is CC[C@@H]([NH2+]CC(C)C)c1nc2ccccc2c(=O)[nH]1. The van der Waals surface area contributed by atoms with Crippen molar-refractivity contribution < 1.29 is 5.32 Å². The van der Waals surface area contributed by atoms with Gasteiger partial charge in [0.2, 0.25) is 0 Å². The molecule has 3 N–H and O–H groups in total. The highest BCUT2D eigenvalue weighted by molar-refractivity contribution is 5.77. The Balaban J connectivity index is 2.35. The van der Waals surface area contributed by atoms with E-state index in [4.69, 9.17) is 0 Å². The van der Waals surface area contributed by atoms with Crippen LogP contribution in [0.15, 0.2) is 29.1 Å². The van der Waals surface area contributed by atoms with Gasteiger partial charge in [-0.3, -0.25) is 4.79 Å². The molecule has 4 heteroatoms. The van der Waals surface area contributed by atoms with E-state index < -0.39 is 0 Å². The van der Waals surface area contributed by atoms with E-state index in [0.29, 0.717) is 11.3 Å². The summed E-state index contributed by atoms with van der Waals surface area (Å²) in [6, 6.07) is 7.70. The quantitative estimate of drug-likeness (QED) is 0.857. The minimum absolute atomic E-state index is 0.0444. The zero-order chi connectivity index (χ0) is 13.8. The zero-order valence-corrected chi connectivity index (χ0v) is 11.8. The molecule has 2 aromatic rings. The number of quaternary nitrogens is 1. The summed E-state index contributed by atoms with van der Waals surface area (Å²) in [5.41, 5.74) is 0.731. The fraction of sp³-hybridized carbons (Fsp3) is 0.467. The van der Waals surface area contributed by atoms with Crippen LogP contribution in [0.4, 0.5) is 0 Å². The second-order valence-electron chi connectivity index (χ2n) is 5.35. The number of fused-ring (bicyclic) bond motifs is 1. The van der Waals surface area contributed by atoms with E-state index in [1.165, 1.54) is 0 Å². The van der Waals surface area contributed by atoms with Crippen LogP contribution in [-0.4, -0.2) is 16.5 Å². The lowest BCUT2D eigenvalue weighted by Crippen LogP contribution is -2.86. The molecule has 0 unspecified atom stereocenters. The highest BCUT2D eigenvalue weighted by atomic mass is 16.1. The number of aromatic nitrogens is 2. The monoisotopic (exact) mass is 260 g/mol. The molecule has 0 fully saturated rings. The standard InChI is InChI=1S/C15H21N3O/c1-4-12(16-9-10(2)3)14-17-13-8-6-5-7-11(13)15(19)18-14/h5-8,10,12,16H,4,9H2,1-3H3,(H,17,18,19)/p+1/t12-/m1/s1. The Hall–Kier alpha value is -1.68. The molecule has 1 aromatic carbocycles. The minimum atomic E-state index is -0.0444. The number of benzene rings is 1. The van der Waals surface area contributed by atoms with Gasteiger partial charge in [0.05, 0.1) is 17.4 Å². The maximum Gasteiger partial charge on any atom is 0.258 e. The molecule has 0 radical (unpaired) electrons. The van der Waals surface area contributed by atoms with Gasteiger partial charge in [0.1, 0.15) is 6.04 Å². The largest absolute Gasteiger partial charge is 0.337 e. The smallest absolute Gasteiger partial charge is 0.258 e. The molecule has 0 spiro atoms. The third-order valence-corrected chi connectivity index (χ3v) is 3.31. The van der Waals surface area contributed by atoms with Gasteiger partial charge in [-0.25, -0.2) is 4.98 Å². The summed E-state index contributed by atoms with van der Waals surface area (Å²) in [5, 5.41) is 2.92. The molecule has 0 saturated carbocycles. The summed E-state index contributed by atoms with van der Waals surface area (Å²) in [6.45, 7) is 7.55. The normalized spacial score (nSPS) is 13.1. The summed E-state index contributed by atoms with van der Waals surface area (Å²) < 4.78 is 0. The average Bonchev–Trinajstić information content (AvgIpc) is 2.39. The molecule has 19 heavy (non-hydrogen) atoms. The van der Waals surface area contributed by atoms with E-state index in [2.05, 4.69) is 36.1 Å². The Kier molecular flexibility index (Phi) is 4.32. The van der Waals surface area contributed by atoms with Crippen LogP contribution in [0.3, 0.4) is 0 Å². The van der Waals surface area contributed by atoms with Crippen molar-refractivity contribution >= 4 is 10.9 Å². The predicted octanol–water partition coefficient (Wildman–Crippen LogP) is 1.59. The topological polar surface area (TPSA) is 62.4 Å². The van der Waals surface area contributed by atoms with Crippen molar-refractivity contribution in [3.8, 4) is 0 Å². The number of aromatic amines is 1. The van der Waals surface area contributed by atoms with Gasteiger partial charge in [0.25, 0.3) is 5.56 Å². The number of rotatable bonds is 5. The Morgan fingerprint density at radius 1 is 1.32 bits per heavy atom. The van der Waals surface area contributed by atoms with Gasteiger partial charge < -0.3 is 10.3 Å². The number of H-pyrrole nitrogens is 1. The first-order chi connectivity index (χ1) is 9.11. The Morgan fingerprint density at radius 3 is 2.74 bits per heavy atom. The van der Waals surface area contributed by atoms with Crippen molar-refractivity contribution in [2.24, 2.45) is 5.92 Å². The number of para-hydroxylation sites is 1. The molecule has 0 saturated heterocycles. The molecular weight excluding hydrogens is 238 g/mol. The molecule has 1 atom stereocenters. The predicted molar refractivity (Wildman–Crippen MR) is 77.0 cm³/mol. The number of nitrogens with one attached hydrogen (secondary N) is 1. The number of hydrogen-bond acceptors (Lipinski definition) is 2. The number of nitrogens with two attached hydrogens (primary N) is 1. The maximum absolute atomic E-state index is 12.0. The first kappa shape index (κ1) is 13.7. The van der Waals surface area contributed by atoms with Crippen molar-refractivity contribution in [1.29, 1.82) is 0 Å². The van der Waals surface area contributed by atoms with Crippen LogP contribution in [0, 0.1) is 5.92 Å². The summed E-state index contributed by atoms with van der Waals surface area (Å²) >= 11 is 0. The summed E-state index contributed by atoms with van der Waals surface area (Å²) in [7, 11) is 0. The molecule has 0 aliphatic rings. The summed E-state index contributed by atoms with van der Waals surface area (Å²) in [5.74, 6) is 1.41. The minimum Gasteiger partial charge on any atom is -0.337 e. The highest BCUT2D eigenvalue weighted by Crippen LogP contribution is 2.10. The molecular formula is C15H22N3O+. The second kappa shape index (κ2) is 5.97. The van der Waals surface area contributed by atoms with Crippen LogP contribution >= 0.6 is 0 Å². The fourth-order valence-corrected chi connectivity index (χ4v) is 2.19. The third kappa shape index (κ3) is 3.20. The lowest BCUT2D eigenvalue weighted by Gasteiger charge is -2.14. The van der Waals surface area contributed by atoms with Gasteiger partial charge in [0.15, 0.2) is 5.82 Å². The third-order valence-electron chi connectivity index (χ3n) is 3.31. The van der Waals surface area contributed by atoms with E-state index in [9.17, 15) is 4.79 Å². The molecule has 0 amide bonds. The van der Waals surface area contributed by atoms with Crippen LogP contribution in [0.2, 0.25) is 0 Å². The summed E-state index contributed by atoms with van der Waals surface area (Å²) in [4.78, 5) is 19.6. The zero-order valence-electron chi connectivity index (χ0n) is 11.8. The molecule has 1 aromatic heterocycles. The van der Waals surface area contributed by atoms with Gasteiger partial charge in [-0.05, 0) is 12.1 Å². The molecule has 102 valence electrons. The molecule has 2 rings (SSSR count). The molecule has 0 aliphatic heterocycles. The highest BCUT2D eigenvalue weighted by Gasteiger charge is 2.16. The fourth-order valence-electron chi connectivity index (χ4n) is 2.19. The van der Waals surface area contributed by atoms with E-state index in [-0.39, 0.29) is 11.6 Å². The van der Waals surface area contributed by atoms with Crippen LogP contribution in [-0.2, 0) is 0 Å². The van der Waals surface area contributed by atoms with E-state index in [0.717, 1.165) is 24.3 Å². The van der Waals surface area contributed by atoms with Crippen molar-refractivity contribution in [3.05, 3.63) is 40.4 Å². The van der Waals surface area contributed by atoms with Gasteiger partial charge in [-0.15, -0.1) is 0 Å². The Morgan fingerprint density at radius 2 is 2.05 bits per heavy atom. The maximum atomic E-state index is 12.0. The van der Waals surface area contributed by atoms with Crippen molar-refractivity contribution in [1.82, 2.24) is 9.97 Å². The first-order valence-corrected chi connectivity index (χ1v) is 6.94. The van der Waals surface area contributed by atoms with Crippen molar-refractivity contribution in [3.63, 3.8) is 0 Å². The first-order valence-electron chi connectivity index (χ1n) is 6.94. The summed E-state index contributed by atoms with van der Waals surface area (Å²) in [6.07, 6.45) is 0.952. The van der Waals surface area contributed by atoms with Crippen LogP contribution in [0.5, 0.6) is 0 Å². The van der Waals surface area contributed by atoms with Crippen molar-refractivity contribution in [2.45, 2.75) is 33.2 Å². The lowest BCUT2D eigenvalue weighted by molar-refractivity contribution is -0.701. The average molecular weight is 260 g/mol. The van der Waals surface area contributed by atoms with E-state index in [1.54, 1.807) is 0 Å².